The summed E-state index contributed by atoms with van der Waals surface area (Å²) in [6.07, 6.45) is 3.26. The van der Waals surface area contributed by atoms with Crippen molar-refractivity contribution in [1.82, 2.24) is 9.13 Å². The zero-order chi connectivity index (χ0) is 21.7. The highest BCUT2D eigenvalue weighted by molar-refractivity contribution is 7.14. The average Bonchev–Trinajstić information content (AvgIpc) is 3.11. The second-order valence-electron chi connectivity index (χ2n) is 6.72. The molecule has 0 spiro atoms. The predicted molar refractivity (Wildman–Crippen MR) is 113 cm³/mol. The van der Waals surface area contributed by atoms with E-state index in [2.05, 4.69) is 6.92 Å². The zero-order valence-electron chi connectivity index (χ0n) is 17.2. The highest BCUT2D eigenvalue weighted by atomic mass is 32.1. The summed E-state index contributed by atoms with van der Waals surface area (Å²) in [6.45, 7) is 5.58. The van der Waals surface area contributed by atoms with Crippen LogP contribution in [0.2, 0.25) is 0 Å². The number of hydrogen-bond donors (Lipinski definition) is 1. The van der Waals surface area contributed by atoms with E-state index in [4.69, 9.17) is 10.5 Å². The normalized spacial score (nSPS) is 10.9. The number of aryl methyl sites for hydroxylation is 2. The molecule has 158 valence electrons. The molecular weight excluding hydrogens is 394 g/mol. The number of nitrogens with two attached hydrogens (primary N) is 1. The standard InChI is InChI=1S/C20H27N3O5S/c1-5-8-14-12(7-3)10-15(29-14)19(26)28-11-13(24)16-17(21)23(9-6-2)20(27)22(4)18(16)25/h10H,5-9,11,21H2,1-4H3. The summed E-state index contributed by atoms with van der Waals surface area (Å²) in [5, 5.41) is 0. The number of carbonyl (C=O) groups excluding carboxylic acids is 2. The van der Waals surface area contributed by atoms with Crippen LogP contribution < -0.4 is 17.0 Å². The van der Waals surface area contributed by atoms with Crippen LogP contribution in [0.1, 0.15) is 64.1 Å². The van der Waals surface area contributed by atoms with Crippen LogP contribution >= 0.6 is 11.3 Å². The number of thiophene rings is 1. The Hall–Kier alpha value is -2.68. The first-order valence-corrected chi connectivity index (χ1v) is 10.5. The van der Waals surface area contributed by atoms with Gasteiger partial charge in [-0.25, -0.2) is 9.59 Å². The quantitative estimate of drug-likeness (QED) is 0.490. The second kappa shape index (κ2) is 9.69. The van der Waals surface area contributed by atoms with E-state index in [0.29, 0.717) is 11.3 Å². The summed E-state index contributed by atoms with van der Waals surface area (Å²) in [6, 6.07) is 1.79. The van der Waals surface area contributed by atoms with Crippen molar-refractivity contribution in [3.8, 4) is 0 Å². The fraction of sp³-hybridized carbons (Fsp3) is 0.500. The topological polar surface area (TPSA) is 113 Å². The Morgan fingerprint density at radius 2 is 1.86 bits per heavy atom. The SMILES string of the molecule is CCCc1sc(C(=O)OCC(=O)c2c(N)n(CCC)c(=O)n(C)c2=O)cc1CC. The summed E-state index contributed by atoms with van der Waals surface area (Å²) >= 11 is 1.36. The van der Waals surface area contributed by atoms with Gasteiger partial charge in [-0.05, 0) is 30.9 Å². The van der Waals surface area contributed by atoms with Crippen LogP contribution in [0.3, 0.4) is 0 Å². The van der Waals surface area contributed by atoms with Gasteiger partial charge in [0.1, 0.15) is 16.3 Å². The van der Waals surface area contributed by atoms with E-state index in [1.54, 1.807) is 6.07 Å². The third-order valence-electron chi connectivity index (χ3n) is 4.60. The third-order valence-corrected chi connectivity index (χ3v) is 5.82. The lowest BCUT2D eigenvalue weighted by atomic mass is 10.1. The van der Waals surface area contributed by atoms with Crippen molar-refractivity contribution in [3.63, 3.8) is 0 Å². The minimum absolute atomic E-state index is 0.198. The van der Waals surface area contributed by atoms with Crippen molar-refractivity contribution in [2.75, 3.05) is 12.3 Å². The lowest BCUT2D eigenvalue weighted by molar-refractivity contribution is 0.0479. The van der Waals surface area contributed by atoms with Gasteiger partial charge in [0, 0.05) is 18.5 Å². The van der Waals surface area contributed by atoms with Crippen molar-refractivity contribution in [2.24, 2.45) is 7.05 Å². The molecule has 0 aromatic carbocycles. The van der Waals surface area contributed by atoms with Crippen LogP contribution in [0, 0.1) is 0 Å². The molecule has 9 heteroatoms. The van der Waals surface area contributed by atoms with Crippen LogP contribution in [0.5, 0.6) is 0 Å². The molecule has 0 aliphatic heterocycles. The molecule has 0 fully saturated rings. The van der Waals surface area contributed by atoms with Gasteiger partial charge >= 0.3 is 11.7 Å². The predicted octanol–water partition coefficient (Wildman–Crippen LogP) is 2.16. The van der Waals surface area contributed by atoms with Crippen molar-refractivity contribution in [2.45, 2.75) is 53.0 Å². The molecular formula is C20H27N3O5S. The van der Waals surface area contributed by atoms with E-state index in [-0.39, 0.29) is 17.9 Å². The fourth-order valence-corrected chi connectivity index (χ4v) is 4.31. The molecule has 0 aliphatic carbocycles. The molecule has 0 aliphatic rings. The fourth-order valence-electron chi connectivity index (χ4n) is 3.06. The Bertz CT molecular complexity index is 1030. The molecule has 0 atom stereocenters. The van der Waals surface area contributed by atoms with Gasteiger partial charge in [0.05, 0.1) is 0 Å². The molecule has 0 saturated heterocycles. The van der Waals surface area contributed by atoms with Crippen molar-refractivity contribution in [3.05, 3.63) is 47.8 Å². The Labute approximate surface area is 172 Å². The first kappa shape index (κ1) is 22.6. The summed E-state index contributed by atoms with van der Waals surface area (Å²) in [7, 11) is 1.28. The van der Waals surface area contributed by atoms with Gasteiger partial charge < -0.3 is 10.5 Å². The number of rotatable bonds is 9. The number of anilines is 1. The maximum atomic E-state index is 12.6. The van der Waals surface area contributed by atoms with Crippen LogP contribution in [0.4, 0.5) is 5.82 Å². The van der Waals surface area contributed by atoms with E-state index in [1.807, 2.05) is 13.8 Å². The van der Waals surface area contributed by atoms with E-state index < -0.39 is 29.6 Å². The molecule has 29 heavy (non-hydrogen) atoms. The molecule has 0 unspecified atom stereocenters. The molecule has 0 amide bonds. The number of hydrogen-bond acceptors (Lipinski definition) is 7. The van der Waals surface area contributed by atoms with E-state index >= 15 is 0 Å². The second-order valence-corrected chi connectivity index (χ2v) is 7.86. The smallest absolute Gasteiger partial charge is 0.348 e. The van der Waals surface area contributed by atoms with Gasteiger partial charge in [-0.3, -0.25) is 18.7 Å². The number of Topliss-reactive ketones (excluding diaryl/α,β-unsaturated/α-hetero) is 1. The monoisotopic (exact) mass is 421 g/mol. The molecule has 2 aromatic heterocycles. The summed E-state index contributed by atoms with van der Waals surface area (Å²) in [5.74, 6) is -1.55. The zero-order valence-corrected chi connectivity index (χ0v) is 18.1. The first-order chi connectivity index (χ1) is 13.8. The van der Waals surface area contributed by atoms with Crippen molar-refractivity contribution in [1.29, 1.82) is 0 Å². The molecule has 2 aromatic rings. The minimum Gasteiger partial charge on any atom is -0.453 e. The lowest BCUT2D eigenvalue weighted by Crippen LogP contribution is -2.43. The van der Waals surface area contributed by atoms with Crippen LogP contribution in [-0.2, 0) is 31.2 Å². The van der Waals surface area contributed by atoms with E-state index in [9.17, 15) is 19.2 Å². The number of carbonyl (C=O) groups is 2. The molecule has 2 heterocycles. The van der Waals surface area contributed by atoms with E-state index in [1.165, 1.54) is 23.0 Å². The largest absolute Gasteiger partial charge is 0.453 e. The Morgan fingerprint density at radius 1 is 1.17 bits per heavy atom. The van der Waals surface area contributed by atoms with Gasteiger partial charge in [0.25, 0.3) is 5.56 Å². The van der Waals surface area contributed by atoms with Crippen molar-refractivity contribution >= 4 is 28.9 Å². The number of ether oxygens (including phenoxy) is 1. The van der Waals surface area contributed by atoms with Gasteiger partial charge in [-0.2, -0.15) is 0 Å². The van der Waals surface area contributed by atoms with E-state index in [0.717, 1.165) is 34.3 Å². The highest BCUT2D eigenvalue weighted by Crippen LogP contribution is 2.25. The maximum absolute atomic E-state index is 12.6. The van der Waals surface area contributed by atoms with Crippen LogP contribution in [-0.4, -0.2) is 27.5 Å². The van der Waals surface area contributed by atoms with Crippen molar-refractivity contribution < 1.29 is 14.3 Å². The number of nitrogen functional groups attached to an aromatic ring is 1. The molecule has 0 bridgehead atoms. The third kappa shape index (κ3) is 4.67. The van der Waals surface area contributed by atoms with Crippen LogP contribution in [0.25, 0.3) is 0 Å². The molecule has 0 saturated carbocycles. The van der Waals surface area contributed by atoms with Gasteiger partial charge in [0.2, 0.25) is 5.78 Å². The number of aromatic nitrogens is 2. The summed E-state index contributed by atoms with van der Waals surface area (Å²) in [5.41, 5.74) is 5.31. The maximum Gasteiger partial charge on any atom is 0.348 e. The number of ketones is 1. The molecule has 0 radical (unpaired) electrons. The highest BCUT2D eigenvalue weighted by Gasteiger charge is 2.23. The Balaban J connectivity index is 2.24. The van der Waals surface area contributed by atoms with Gasteiger partial charge in [0.15, 0.2) is 6.61 Å². The van der Waals surface area contributed by atoms with Gasteiger partial charge in [-0.15, -0.1) is 11.3 Å². The molecule has 8 nitrogen and oxygen atoms in total. The summed E-state index contributed by atoms with van der Waals surface area (Å²) in [4.78, 5) is 51.1. The number of esters is 1. The lowest BCUT2D eigenvalue weighted by Gasteiger charge is -2.13. The summed E-state index contributed by atoms with van der Waals surface area (Å²) < 4.78 is 7.17. The molecule has 2 rings (SSSR count). The van der Waals surface area contributed by atoms with Gasteiger partial charge in [-0.1, -0.05) is 27.2 Å². The molecule has 2 N–H and O–H groups in total. The Morgan fingerprint density at radius 3 is 2.45 bits per heavy atom. The minimum atomic E-state index is -0.796. The first-order valence-electron chi connectivity index (χ1n) is 9.67. The Kier molecular flexibility index (Phi) is 7.55. The average molecular weight is 422 g/mol. The number of nitrogens with zero attached hydrogens (tertiary/aromatic N) is 2. The van der Waals surface area contributed by atoms with Crippen LogP contribution in [0.15, 0.2) is 15.7 Å².